The van der Waals surface area contributed by atoms with Crippen molar-refractivity contribution >= 4 is 34.5 Å². The Balaban J connectivity index is 1.49. The summed E-state index contributed by atoms with van der Waals surface area (Å²) in [7, 11) is 0. The van der Waals surface area contributed by atoms with Crippen LogP contribution in [0.4, 0.5) is 6.01 Å². The summed E-state index contributed by atoms with van der Waals surface area (Å²) in [4.78, 5) is 29.0. The molecule has 0 N–H and O–H groups in total. The van der Waals surface area contributed by atoms with E-state index in [0.29, 0.717) is 42.6 Å². The second-order valence-corrected chi connectivity index (χ2v) is 6.05. The number of oxazole rings is 1. The van der Waals surface area contributed by atoms with Crippen molar-refractivity contribution in [1.82, 2.24) is 19.9 Å². The second kappa shape index (κ2) is 5.96. The van der Waals surface area contributed by atoms with Gasteiger partial charge in [-0.2, -0.15) is 4.98 Å². The molecule has 0 atom stereocenters. The minimum absolute atomic E-state index is 0.00710. The third-order valence-corrected chi connectivity index (χ3v) is 4.45. The molecule has 4 rings (SSSR count). The zero-order valence-corrected chi connectivity index (χ0v) is 13.2. The van der Waals surface area contributed by atoms with E-state index in [1.54, 1.807) is 17.1 Å². The Labute approximate surface area is 136 Å². The molecule has 23 heavy (non-hydrogen) atoms. The molecule has 8 heteroatoms. The van der Waals surface area contributed by atoms with Crippen molar-refractivity contribution in [1.29, 1.82) is 0 Å². The Morgan fingerprint density at radius 3 is 3.00 bits per heavy atom. The lowest BCUT2D eigenvalue weighted by Crippen LogP contribution is -2.35. The first-order valence-electron chi connectivity index (χ1n) is 7.45. The molecule has 0 radical (unpaired) electrons. The fraction of sp³-hybridized carbons (Fsp3) is 0.333. The van der Waals surface area contributed by atoms with Gasteiger partial charge in [-0.05, 0) is 18.6 Å². The molecular formula is C15H15N5O2S. The highest BCUT2D eigenvalue weighted by Crippen LogP contribution is 2.21. The maximum atomic E-state index is 12.4. The molecule has 0 bridgehead atoms. The van der Waals surface area contributed by atoms with Gasteiger partial charge in [0.1, 0.15) is 5.69 Å². The highest BCUT2D eigenvalue weighted by molar-refractivity contribution is 7.07. The molecule has 1 aliphatic heterocycles. The maximum Gasteiger partial charge on any atom is 0.300 e. The van der Waals surface area contributed by atoms with Crippen LogP contribution in [-0.2, 0) is 0 Å². The number of carbonyl (C=O) groups is 1. The summed E-state index contributed by atoms with van der Waals surface area (Å²) in [6.07, 6.45) is 2.56. The van der Waals surface area contributed by atoms with Crippen molar-refractivity contribution in [2.45, 2.75) is 6.42 Å². The zero-order valence-electron chi connectivity index (χ0n) is 12.4. The smallest absolute Gasteiger partial charge is 0.300 e. The lowest BCUT2D eigenvalue weighted by molar-refractivity contribution is 0.0762. The minimum atomic E-state index is -0.00710. The lowest BCUT2D eigenvalue weighted by Gasteiger charge is -2.20. The molecule has 3 aromatic rings. The molecule has 0 aliphatic carbocycles. The number of nitrogens with zero attached hydrogens (tertiary/aromatic N) is 5. The molecule has 4 heterocycles. The van der Waals surface area contributed by atoms with E-state index in [1.165, 1.54) is 11.3 Å². The van der Waals surface area contributed by atoms with Gasteiger partial charge in [0.25, 0.3) is 11.9 Å². The van der Waals surface area contributed by atoms with Crippen LogP contribution in [0.25, 0.3) is 11.2 Å². The van der Waals surface area contributed by atoms with Crippen LogP contribution in [0.3, 0.4) is 0 Å². The average Bonchev–Trinajstić information content (AvgIpc) is 3.19. The topological polar surface area (TPSA) is 75.4 Å². The summed E-state index contributed by atoms with van der Waals surface area (Å²) in [5.41, 5.74) is 3.50. The summed E-state index contributed by atoms with van der Waals surface area (Å²) in [6.45, 7) is 2.82. The van der Waals surface area contributed by atoms with E-state index in [-0.39, 0.29) is 5.91 Å². The van der Waals surface area contributed by atoms with Crippen molar-refractivity contribution in [2.24, 2.45) is 0 Å². The monoisotopic (exact) mass is 329 g/mol. The van der Waals surface area contributed by atoms with E-state index < -0.39 is 0 Å². The summed E-state index contributed by atoms with van der Waals surface area (Å²) in [6, 6.07) is 4.25. The van der Waals surface area contributed by atoms with Gasteiger partial charge in [-0.15, -0.1) is 11.3 Å². The highest BCUT2D eigenvalue weighted by Gasteiger charge is 2.23. The largest absolute Gasteiger partial charge is 0.422 e. The first kappa shape index (κ1) is 14.1. The number of fused-ring (bicyclic) bond motifs is 1. The van der Waals surface area contributed by atoms with Gasteiger partial charge in [0, 0.05) is 37.8 Å². The number of hydrogen-bond donors (Lipinski definition) is 0. The minimum Gasteiger partial charge on any atom is -0.422 e. The highest BCUT2D eigenvalue weighted by atomic mass is 32.1. The lowest BCUT2D eigenvalue weighted by atomic mass is 10.3. The number of pyridine rings is 1. The molecule has 1 aliphatic rings. The van der Waals surface area contributed by atoms with E-state index >= 15 is 0 Å². The SMILES string of the molecule is O=C(c1cscn1)N1CCCN(c2nc3ncccc3o2)CC1. The second-order valence-electron chi connectivity index (χ2n) is 5.33. The predicted octanol–water partition coefficient (Wildman–Crippen LogP) is 2.03. The van der Waals surface area contributed by atoms with Crippen LogP contribution in [0, 0.1) is 0 Å². The third-order valence-electron chi connectivity index (χ3n) is 3.86. The van der Waals surface area contributed by atoms with E-state index in [9.17, 15) is 4.79 Å². The van der Waals surface area contributed by atoms with E-state index in [2.05, 4.69) is 19.9 Å². The first-order valence-corrected chi connectivity index (χ1v) is 8.39. The van der Waals surface area contributed by atoms with Gasteiger partial charge in [-0.3, -0.25) is 4.79 Å². The standard InChI is InChI=1S/C15H15N5O2S/c21-14(11-9-23-10-17-11)19-5-2-6-20(8-7-19)15-18-13-12(22-15)3-1-4-16-13/h1,3-4,9-10H,2,5-8H2. The normalized spacial score (nSPS) is 15.8. The third kappa shape index (κ3) is 2.77. The number of rotatable bonds is 2. The average molecular weight is 329 g/mol. The Morgan fingerprint density at radius 1 is 1.22 bits per heavy atom. The molecule has 0 spiro atoms. The Morgan fingerprint density at radius 2 is 2.17 bits per heavy atom. The van der Waals surface area contributed by atoms with Gasteiger partial charge in [-0.25, -0.2) is 9.97 Å². The van der Waals surface area contributed by atoms with Crippen molar-refractivity contribution in [3.63, 3.8) is 0 Å². The van der Waals surface area contributed by atoms with Crippen LogP contribution in [0.5, 0.6) is 0 Å². The van der Waals surface area contributed by atoms with Crippen LogP contribution in [0.2, 0.25) is 0 Å². The molecule has 7 nitrogen and oxygen atoms in total. The number of carbonyl (C=O) groups excluding carboxylic acids is 1. The summed E-state index contributed by atoms with van der Waals surface area (Å²) in [5, 5.41) is 1.79. The number of amides is 1. The maximum absolute atomic E-state index is 12.4. The number of thiazole rings is 1. The Bertz CT molecular complexity index is 783. The van der Waals surface area contributed by atoms with Gasteiger partial charge in [0.2, 0.25) is 5.65 Å². The van der Waals surface area contributed by atoms with Gasteiger partial charge in [0.15, 0.2) is 5.58 Å². The summed E-state index contributed by atoms with van der Waals surface area (Å²) < 4.78 is 5.77. The van der Waals surface area contributed by atoms with Crippen LogP contribution < -0.4 is 4.90 Å². The molecule has 1 fully saturated rings. The Kier molecular flexibility index (Phi) is 3.66. The van der Waals surface area contributed by atoms with Crippen LogP contribution >= 0.6 is 11.3 Å². The zero-order chi connectivity index (χ0) is 15.6. The number of anilines is 1. The number of hydrogen-bond acceptors (Lipinski definition) is 7. The molecule has 0 aromatic carbocycles. The quantitative estimate of drug-likeness (QED) is 0.716. The number of aromatic nitrogens is 3. The van der Waals surface area contributed by atoms with Gasteiger partial charge < -0.3 is 14.2 Å². The van der Waals surface area contributed by atoms with E-state index in [0.717, 1.165) is 13.0 Å². The summed E-state index contributed by atoms with van der Waals surface area (Å²) >= 11 is 1.44. The van der Waals surface area contributed by atoms with Crippen molar-refractivity contribution in [3.8, 4) is 0 Å². The van der Waals surface area contributed by atoms with E-state index in [4.69, 9.17) is 4.42 Å². The van der Waals surface area contributed by atoms with Crippen LogP contribution in [0.15, 0.2) is 33.6 Å². The molecule has 1 saturated heterocycles. The fourth-order valence-corrected chi connectivity index (χ4v) is 3.21. The van der Waals surface area contributed by atoms with Gasteiger partial charge >= 0.3 is 0 Å². The molecule has 0 saturated carbocycles. The Hall–Kier alpha value is -2.48. The van der Waals surface area contributed by atoms with Gasteiger partial charge in [-0.1, -0.05) is 0 Å². The summed E-state index contributed by atoms with van der Waals surface area (Å²) in [5.74, 6) is -0.00710. The first-order chi connectivity index (χ1) is 11.3. The molecule has 3 aromatic heterocycles. The van der Waals surface area contributed by atoms with Crippen molar-refractivity contribution in [3.05, 3.63) is 34.9 Å². The predicted molar refractivity (Wildman–Crippen MR) is 86.7 cm³/mol. The van der Waals surface area contributed by atoms with Crippen LogP contribution in [0.1, 0.15) is 16.9 Å². The van der Waals surface area contributed by atoms with Crippen molar-refractivity contribution < 1.29 is 9.21 Å². The fourth-order valence-electron chi connectivity index (χ4n) is 2.68. The van der Waals surface area contributed by atoms with Crippen LogP contribution in [-0.4, -0.2) is 51.9 Å². The van der Waals surface area contributed by atoms with Crippen molar-refractivity contribution in [2.75, 3.05) is 31.1 Å². The molecule has 0 unspecified atom stereocenters. The molecule has 118 valence electrons. The van der Waals surface area contributed by atoms with Gasteiger partial charge in [0.05, 0.1) is 5.51 Å². The van der Waals surface area contributed by atoms with E-state index in [1.807, 2.05) is 17.0 Å². The molecule has 1 amide bonds. The molecular weight excluding hydrogens is 314 g/mol.